The molecule has 1 aromatic carbocycles. The van der Waals surface area contributed by atoms with Gasteiger partial charge >= 0.3 is 0 Å². The van der Waals surface area contributed by atoms with Gasteiger partial charge in [-0.3, -0.25) is 0 Å². The molecule has 0 unspecified atom stereocenters. The topological polar surface area (TPSA) is 30.7 Å². The van der Waals surface area contributed by atoms with E-state index in [-0.39, 0.29) is 5.82 Å². The highest BCUT2D eigenvalue weighted by Gasteiger charge is 2.24. The number of allylic oxidation sites excluding steroid dienone is 1. The Labute approximate surface area is 134 Å². The molecule has 1 aromatic heterocycles. The van der Waals surface area contributed by atoms with Crippen molar-refractivity contribution in [2.75, 3.05) is 0 Å². The van der Waals surface area contributed by atoms with E-state index in [1.165, 1.54) is 31.7 Å². The number of hydrogen-bond acceptors (Lipinski definition) is 3. The Bertz CT molecular complexity index is 647. The van der Waals surface area contributed by atoms with Gasteiger partial charge in [0.2, 0.25) is 0 Å². The average molecular weight is 317 g/mol. The van der Waals surface area contributed by atoms with Crippen LogP contribution in [0.5, 0.6) is 0 Å². The zero-order chi connectivity index (χ0) is 15.4. The van der Waals surface area contributed by atoms with Crippen molar-refractivity contribution in [1.82, 2.24) is 14.8 Å². The summed E-state index contributed by atoms with van der Waals surface area (Å²) < 4.78 is 15.4. The fourth-order valence-electron chi connectivity index (χ4n) is 2.97. The largest absolute Gasteiger partial charge is 0.302 e. The van der Waals surface area contributed by atoms with E-state index in [2.05, 4.69) is 21.3 Å². The first-order chi connectivity index (χ1) is 10.8. The minimum absolute atomic E-state index is 0.197. The second-order valence-corrected chi connectivity index (χ2v) is 6.58. The van der Waals surface area contributed by atoms with Crippen LogP contribution in [-0.4, -0.2) is 14.8 Å². The number of rotatable bonds is 6. The van der Waals surface area contributed by atoms with Crippen LogP contribution in [-0.2, 0) is 12.3 Å². The van der Waals surface area contributed by atoms with E-state index in [0.29, 0.717) is 11.7 Å². The summed E-state index contributed by atoms with van der Waals surface area (Å²) in [6, 6.07) is 6.71. The molecule has 22 heavy (non-hydrogen) atoms. The van der Waals surface area contributed by atoms with Gasteiger partial charge in [0.1, 0.15) is 11.6 Å². The summed E-state index contributed by atoms with van der Waals surface area (Å²) in [4.78, 5) is 0. The van der Waals surface area contributed by atoms with Crippen LogP contribution in [0.3, 0.4) is 0 Å². The van der Waals surface area contributed by atoms with Gasteiger partial charge < -0.3 is 4.57 Å². The molecule has 116 valence electrons. The Hall–Kier alpha value is -1.62. The number of thioether (sulfide) groups is 1. The molecule has 1 saturated carbocycles. The second-order valence-electron chi connectivity index (χ2n) is 5.64. The molecule has 0 amide bonds. The Kier molecular flexibility index (Phi) is 4.93. The van der Waals surface area contributed by atoms with Gasteiger partial charge in [-0.2, -0.15) is 0 Å². The van der Waals surface area contributed by atoms with E-state index in [4.69, 9.17) is 0 Å². The van der Waals surface area contributed by atoms with Crippen molar-refractivity contribution < 1.29 is 4.39 Å². The third kappa shape index (κ3) is 3.40. The first-order valence-electron chi connectivity index (χ1n) is 7.69. The van der Waals surface area contributed by atoms with E-state index in [9.17, 15) is 4.39 Å². The molecular weight excluding hydrogens is 297 g/mol. The summed E-state index contributed by atoms with van der Waals surface area (Å²) in [5, 5.41) is 9.66. The van der Waals surface area contributed by atoms with Gasteiger partial charge in [0.15, 0.2) is 5.16 Å². The predicted octanol–water partition coefficient (Wildman–Crippen LogP) is 4.55. The first-order valence-corrected chi connectivity index (χ1v) is 8.67. The molecule has 5 heteroatoms. The lowest BCUT2D eigenvalue weighted by atomic mass is 10.1. The van der Waals surface area contributed by atoms with Crippen LogP contribution < -0.4 is 0 Å². The second kappa shape index (κ2) is 7.09. The Morgan fingerprint density at radius 3 is 2.86 bits per heavy atom. The average Bonchev–Trinajstić information content (AvgIpc) is 3.15. The van der Waals surface area contributed by atoms with Crippen molar-refractivity contribution in [3.05, 3.63) is 54.1 Å². The number of benzene rings is 1. The maximum absolute atomic E-state index is 13.2. The molecule has 0 spiro atoms. The summed E-state index contributed by atoms with van der Waals surface area (Å²) in [7, 11) is 0. The Balaban J connectivity index is 1.76. The monoisotopic (exact) mass is 317 g/mol. The van der Waals surface area contributed by atoms with Gasteiger partial charge in [-0.15, -0.1) is 16.8 Å². The number of halogens is 1. The van der Waals surface area contributed by atoms with Crippen LogP contribution in [0.2, 0.25) is 0 Å². The molecule has 0 radical (unpaired) electrons. The van der Waals surface area contributed by atoms with Crippen LogP contribution >= 0.6 is 11.8 Å². The van der Waals surface area contributed by atoms with Gasteiger partial charge in [0.25, 0.3) is 0 Å². The van der Waals surface area contributed by atoms with E-state index in [0.717, 1.165) is 23.1 Å². The molecule has 1 aliphatic carbocycles. The van der Waals surface area contributed by atoms with Crippen LogP contribution in [0.4, 0.5) is 4.39 Å². The summed E-state index contributed by atoms with van der Waals surface area (Å²) >= 11 is 1.60. The van der Waals surface area contributed by atoms with Crippen molar-refractivity contribution in [2.24, 2.45) is 0 Å². The van der Waals surface area contributed by atoms with Crippen molar-refractivity contribution in [2.45, 2.75) is 49.1 Å². The van der Waals surface area contributed by atoms with Gasteiger partial charge in [0.05, 0.1) is 0 Å². The third-order valence-corrected chi connectivity index (χ3v) is 5.07. The molecule has 3 nitrogen and oxygen atoms in total. The summed E-state index contributed by atoms with van der Waals surface area (Å²) in [6.45, 7) is 4.57. The Morgan fingerprint density at radius 1 is 1.32 bits per heavy atom. The summed E-state index contributed by atoms with van der Waals surface area (Å²) in [5.41, 5.74) is 0.959. The maximum Gasteiger partial charge on any atom is 0.191 e. The lowest BCUT2D eigenvalue weighted by molar-refractivity contribution is 0.594. The Morgan fingerprint density at radius 2 is 2.14 bits per heavy atom. The quantitative estimate of drug-likeness (QED) is 0.578. The predicted molar refractivity (Wildman–Crippen MR) is 87.4 cm³/mol. The van der Waals surface area contributed by atoms with Crippen LogP contribution in [0.15, 0.2) is 42.1 Å². The SMILES string of the molecule is C=CCn1c(SCc2cccc(F)c2)nnc1C1CCCC1. The molecule has 3 rings (SSSR count). The fraction of sp³-hybridized carbons (Fsp3) is 0.412. The molecule has 0 bridgehead atoms. The summed E-state index contributed by atoms with van der Waals surface area (Å²) in [5.74, 6) is 2.10. The van der Waals surface area contributed by atoms with E-state index in [1.807, 2.05) is 12.1 Å². The minimum Gasteiger partial charge on any atom is -0.302 e. The molecule has 1 aliphatic rings. The zero-order valence-electron chi connectivity index (χ0n) is 12.5. The minimum atomic E-state index is -0.197. The number of hydrogen-bond donors (Lipinski definition) is 0. The van der Waals surface area contributed by atoms with Gasteiger partial charge in [-0.1, -0.05) is 42.8 Å². The first kappa shape index (κ1) is 15.3. The van der Waals surface area contributed by atoms with E-state index >= 15 is 0 Å². The normalized spacial score (nSPS) is 15.3. The van der Waals surface area contributed by atoms with E-state index < -0.39 is 0 Å². The lowest BCUT2D eigenvalue weighted by Gasteiger charge is -2.11. The van der Waals surface area contributed by atoms with Crippen molar-refractivity contribution >= 4 is 11.8 Å². The van der Waals surface area contributed by atoms with Crippen molar-refractivity contribution in [3.63, 3.8) is 0 Å². The third-order valence-electron chi connectivity index (χ3n) is 4.03. The van der Waals surface area contributed by atoms with E-state index in [1.54, 1.807) is 23.9 Å². The molecule has 0 atom stereocenters. The molecule has 1 heterocycles. The van der Waals surface area contributed by atoms with Crippen LogP contribution in [0, 0.1) is 5.82 Å². The van der Waals surface area contributed by atoms with Gasteiger partial charge in [-0.25, -0.2) is 4.39 Å². The standard InChI is InChI=1S/C17H20FN3S/c1-2-10-21-16(14-7-3-4-8-14)19-20-17(21)22-12-13-6-5-9-15(18)11-13/h2,5-6,9,11,14H,1,3-4,7-8,10,12H2. The molecule has 1 fully saturated rings. The van der Waals surface area contributed by atoms with Crippen molar-refractivity contribution in [3.8, 4) is 0 Å². The smallest absolute Gasteiger partial charge is 0.191 e. The summed E-state index contributed by atoms with van der Waals surface area (Å²) in [6.07, 6.45) is 6.83. The highest BCUT2D eigenvalue weighted by Crippen LogP contribution is 2.35. The zero-order valence-corrected chi connectivity index (χ0v) is 13.4. The van der Waals surface area contributed by atoms with Gasteiger partial charge in [-0.05, 0) is 30.5 Å². The highest BCUT2D eigenvalue weighted by molar-refractivity contribution is 7.98. The van der Waals surface area contributed by atoms with Crippen LogP contribution in [0.25, 0.3) is 0 Å². The lowest BCUT2D eigenvalue weighted by Crippen LogP contribution is -2.07. The number of aromatic nitrogens is 3. The van der Waals surface area contributed by atoms with Crippen LogP contribution in [0.1, 0.15) is 43.0 Å². The number of nitrogens with zero attached hydrogens (tertiary/aromatic N) is 3. The molecular formula is C17H20FN3S. The maximum atomic E-state index is 13.2. The molecule has 0 aliphatic heterocycles. The molecule has 0 N–H and O–H groups in total. The highest BCUT2D eigenvalue weighted by atomic mass is 32.2. The van der Waals surface area contributed by atoms with Crippen molar-refractivity contribution in [1.29, 1.82) is 0 Å². The van der Waals surface area contributed by atoms with Gasteiger partial charge in [0, 0.05) is 18.2 Å². The molecule has 0 saturated heterocycles. The fourth-order valence-corrected chi connectivity index (χ4v) is 3.87. The molecule has 2 aromatic rings.